The SMILES string of the molecule is O=C1CCC(N2Cc3cc(CNc4nccc(C5CNC5)n4)ccc3C2=O)C(=O)N1. The van der Waals surface area contributed by atoms with Crippen molar-refractivity contribution in [2.75, 3.05) is 18.4 Å². The van der Waals surface area contributed by atoms with Crippen molar-refractivity contribution in [2.24, 2.45) is 0 Å². The Hall–Kier alpha value is -3.33. The molecule has 2 aromatic rings. The van der Waals surface area contributed by atoms with Crippen LogP contribution >= 0.6 is 0 Å². The van der Waals surface area contributed by atoms with Gasteiger partial charge >= 0.3 is 0 Å². The van der Waals surface area contributed by atoms with Crippen LogP contribution in [0.1, 0.15) is 45.9 Å². The highest BCUT2D eigenvalue weighted by Gasteiger charge is 2.39. The number of anilines is 1. The lowest BCUT2D eigenvalue weighted by molar-refractivity contribution is -0.136. The Bertz CT molecular complexity index is 1040. The van der Waals surface area contributed by atoms with Gasteiger partial charge in [-0.1, -0.05) is 12.1 Å². The van der Waals surface area contributed by atoms with E-state index in [2.05, 4.69) is 25.9 Å². The van der Waals surface area contributed by atoms with Gasteiger partial charge < -0.3 is 15.5 Å². The van der Waals surface area contributed by atoms with Gasteiger partial charge in [0.2, 0.25) is 17.8 Å². The molecule has 0 aliphatic carbocycles. The van der Waals surface area contributed by atoms with Crippen LogP contribution in [0, 0.1) is 0 Å². The number of hydrogen-bond donors (Lipinski definition) is 3. The number of nitrogens with zero attached hydrogens (tertiary/aromatic N) is 3. The number of piperidine rings is 1. The Labute approximate surface area is 173 Å². The largest absolute Gasteiger partial charge is 0.350 e. The Balaban J connectivity index is 1.26. The number of hydrogen-bond acceptors (Lipinski definition) is 7. The quantitative estimate of drug-likeness (QED) is 0.621. The Kier molecular flexibility index (Phi) is 4.66. The normalized spacial score (nSPS) is 21.3. The third-order valence-corrected chi connectivity index (χ3v) is 5.92. The molecule has 0 saturated carbocycles. The number of nitrogens with one attached hydrogen (secondary N) is 3. The van der Waals surface area contributed by atoms with Crippen LogP contribution in [0.2, 0.25) is 0 Å². The van der Waals surface area contributed by atoms with Crippen LogP contribution in [0.3, 0.4) is 0 Å². The van der Waals surface area contributed by atoms with Crippen molar-refractivity contribution in [2.45, 2.75) is 37.9 Å². The third kappa shape index (κ3) is 3.41. The molecule has 3 aliphatic rings. The highest BCUT2D eigenvalue weighted by Crippen LogP contribution is 2.28. The highest BCUT2D eigenvalue weighted by molar-refractivity contribution is 6.05. The van der Waals surface area contributed by atoms with Gasteiger partial charge in [-0.25, -0.2) is 9.97 Å². The van der Waals surface area contributed by atoms with Gasteiger partial charge in [0.1, 0.15) is 6.04 Å². The first kappa shape index (κ1) is 18.7. The second kappa shape index (κ2) is 7.49. The number of imide groups is 1. The van der Waals surface area contributed by atoms with Crippen LogP contribution in [0.25, 0.3) is 0 Å². The molecule has 9 heteroatoms. The summed E-state index contributed by atoms with van der Waals surface area (Å²) in [5.74, 6) is 0.185. The zero-order chi connectivity index (χ0) is 20.7. The molecule has 2 saturated heterocycles. The summed E-state index contributed by atoms with van der Waals surface area (Å²) in [5, 5.41) is 8.82. The van der Waals surface area contributed by atoms with Crippen LogP contribution in [0.4, 0.5) is 5.95 Å². The summed E-state index contributed by atoms with van der Waals surface area (Å²) < 4.78 is 0. The molecule has 2 fully saturated rings. The second-order valence-electron chi connectivity index (χ2n) is 7.91. The van der Waals surface area contributed by atoms with E-state index in [1.54, 1.807) is 17.2 Å². The average Bonchev–Trinajstić information content (AvgIpc) is 3.01. The molecule has 3 N–H and O–H groups in total. The Morgan fingerprint density at radius 1 is 1.17 bits per heavy atom. The van der Waals surface area contributed by atoms with Crippen LogP contribution in [-0.4, -0.2) is 51.7 Å². The van der Waals surface area contributed by atoms with Gasteiger partial charge in [0.05, 0.1) is 5.69 Å². The van der Waals surface area contributed by atoms with Gasteiger partial charge in [-0.05, 0) is 29.7 Å². The van der Waals surface area contributed by atoms with Crippen LogP contribution in [-0.2, 0) is 22.7 Å². The molecule has 1 aromatic heterocycles. The van der Waals surface area contributed by atoms with Crippen LogP contribution in [0.5, 0.6) is 0 Å². The summed E-state index contributed by atoms with van der Waals surface area (Å²) in [7, 11) is 0. The van der Waals surface area contributed by atoms with Crippen molar-refractivity contribution in [1.29, 1.82) is 0 Å². The van der Waals surface area contributed by atoms with E-state index >= 15 is 0 Å². The van der Waals surface area contributed by atoms with E-state index in [9.17, 15) is 14.4 Å². The number of amides is 3. The average molecular weight is 406 g/mol. The molecule has 1 aromatic carbocycles. The smallest absolute Gasteiger partial charge is 0.255 e. The number of rotatable bonds is 5. The minimum Gasteiger partial charge on any atom is -0.350 e. The minimum atomic E-state index is -0.596. The molecule has 154 valence electrons. The second-order valence-corrected chi connectivity index (χ2v) is 7.91. The highest BCUT2D eigenvalue weighted by atomic mass is 16.2. The maximum Gasteiger partial charge on any atom is 0.255 e. The maximum absolute atomic E-state index is 12.8. The lowest BCUT2D eigenvalue weighted by atomic mass is 9.99. The van der Waals surface area contributed by atoms with E-state index in [-0.39, 0.29) is 18.2 Å². The van der Waals surface area contributed by atoms with Gasteiger partial charge in [0.25, 0.3) is 5.91 Å². The Morgan fingerprint density at radius 3 is 2.80 bits per heavy atom. The number of aromatic nitrogens is 2. The first-order valence-electron chi connectivity index (χ1n) is 10.1. The molecule has 0 radical (unpaired) electrons. The lowest BCUT2D eigenvalue weighted by Gasteiger charge is -2.29. The van der Waals surface area contributed by atoms with Gasteiger partial charge in [-0.3, -0.25) is 19.7 Å². The van der Waals surface area contributed by atoms with E-state index < -0.39 is 11.9 Å². The molecular formula is C21H22N6O3. The zero-order valence-corrected chi connectivity index (χ0v) is 16.4. The number of fused-ring (bicyclic) bond motifs is 1. The van der Waals surface area contributed by atoms with Gasteiger partial charge in [-0.15, -0.1) is 0 Å². The van der Waals surface area contributed by atoms with Crippen molar-refractivity contribution in [1.82, 2.24) is 25.5 Å². The fourth-order valence-electron chi connectivity index (χ4n) is 4.10. The van der Waals surface area contributed by atoms with Crippen molar-refractivity contribution in [3.8, 4) is 0 Å². The minimum absolute atomic E-state index is 0.163. The van der Waals surface area contributed by atoms with Gasteiger partial charge in [0.15, 0.2) is 0 Å². The van der Waals surface area contributed by atoms with E-state index in [4.69, 9.17) is 0 Å². The molecule has 4 heterocycles. The van der Waals surface area contributed by atoms with E-state index in [0.717, 1.165) is 29.9 Å². The van der Waals surface area contributed by atoms with E-state index in [1.807, 2.05) is 18.2 Å². The number of carbonyl (C=O) groups excluding carboxylic acids is 3. The fraction of sp³-hybridized carbons (Fsp3) is 0.381. The van der Waals surface area contributed by atoms with Crippen LogP contribution in [0.15, 0.2) is 30.5 Å². The van der Waals surface area contributed by atoms with Crippen molar-refractivity contribution >= 4 is 23.7 Å². The monoisotopic (exact) mass is 406 g/mol. The molecular weight excluding hydrogens is 384 g/mol. The molecule has 30 heavy (non-hydrogen) atoms. The topological polar surface area (TPSA) is 116 Å². The number of carbonyl (C=O) groups is 3. The summed E-state index contributed by atoms with van der Waals surface area (Å²) in [6, 6.07) is 7.03. The van der Waals surface area contributed by atoms with Crippen molar-refractivity contribution in [3.05, 3.63) is 52.8 Å². The first-order valence-corrected chi connectivity index (χ1v) is 10.1. The maximum atomic E-state index is 12.8. The van der Waals surface area contributed by atoms with Gasteiger partial charge in [-0.2, -0.15) is 0 Å². The molecule has 0 spiro atoms. The molecule has 5 rings (SSSR count). The fourth-order valence-corrected chi connectivity index (χ4v) is 4.10. The van der Waals surface area contributed by atoms with Crippen molar-refractivity contribution in [3.63, 3.8) is 0 Å². The predicted octanol–water partition coefficient (Wildman–Crippen LogP) is 0.537. The van der Waals surface area contributed by atoms with Crippen LogP contribution < -0.4 is 16.0 Å². The molecule has 3 amide bonds. The summed E-state index contributed by atoms with van der Waals surface area (Å²) in [6.07, 6.45) is 2.38. The predicted molar refractivity (Wildman–Crippen MR) is 107 cm³/mol. The third-order valence-electron chi connectivity index (χ3n) is 5.92. The standard InChI is InChI=1S/C21H22N6O3/c28-18-4-3-17(19(29)26-18)27-11-13-7-12(1-2-15(13)20(27)30)8-24-21-23-6-5-16(25-21)14-9-22-10-14/h1-2,5-7,14,17,22H,3-4,8-11H2,(H,23,24,25)(H,26,28,29). The van der Waals surface area contributed by atoms with Gasteiger partial charge in [0, 0.05) is 50.3 Å². The number of benzene rings is 1. The molecule has 1 atom stereocenters. The summed E-state index contributed by atoms with van der Waals surface area (Å²) in [4.78, 5) is 46.8. The zero-order valence-electron chi connectivity index (χ0n) is 16.4. The van der Waals surface area contributed by atoms with Crippen molar-refractivity contribution < 1.29 is 14.4 Å². The Morgan fingerprint density at radius 2 is 2.03 bits per heavy atom. The molecule has 9 nitrogen and oxygen atoms in total. The molecule has 3 aliphatic heterocycles. The molecule has 0 bridgehead atoms. The van der Waals surface area contributed by atoms with E-state index in [0.29, 0.717) is 36.9 Å². The summed E-state index contributed by atoms with van der Waals surface area (Å²) >= 11 is 0. The first-order chi connectivity index (χ1) is 14.6. The summed E-state index contributed by atoms with van der Waals surface area (Å²) in [5.41, 5.74) is 3.54. The molecule has 1 unspecified atom stereocenters. The van der Waals surface area contributed by atoms with E-state index in [1.165, 1.54) is 0 Å². The summed E-state index contributed by atoms with van der Waals surface area (Å²) in [6.45, 7) is 2.79. The lowest BCUT2D eigenvalue weighted by Crippen LogP contribution is -2.52.